The molecule has 0 saturated heterocycles. The highest BCUT2D eigenvalue weighted by Crippen LogP contribution is 2.51. The summed E-state index contributed by atoms with van der Waals surface area (Å²) in [5.41, 5.74) is 4.27. The molecule has 0 spiro atoms. The summed E-state index contributed by atoms with van der Waals surface area (Å²) in [5, 5.41) is 24.3. The molecule has 1 aliphatic carbocycles. The van der Waals surface area contributed by atoms with Crippen LogP contribution in [0.5, 0.6) is 0 Å². The van der Waals surface area contributed by atoms with Gasteiger partial charge in [0, 0.05) is 18.1 Å². The number of nitrogens with zero attached hydrogens (tertiary/aromatic N) is 2. The first kappa shape index (κ1) is 15.4. The molecule has 5 nitrogen and oxygen atoms in total. The number of anilines is 1. The van der Waals surface area contributed by atoms with E-state index in [0.29, 0.717) is 11.5 Å². The van der Waals surface area contributed by atoms with Crippen molar-refractivity contribution in [3.63, 3.8) is 0 Å². The number of allylic oxidation sites excluding steroid dienone is 2. The van der Waals surface area contributed by atoms with Gasteiger partial charge in [0.05, 0.1) is 22.2 Å². The van der Waals surface area contributed by atoms with Gasteiger partial charge in [-0.1, -0.05) is 42.0 Å². The predicted molar refractivity (Wildman–Crippen MR) is 95.3 cm³/mol. The van der Waals surface area contributed by atoms with Crippen LogP contribution in [0.1, 0.15) is 40.6 Å². The number of fused-ring (bicyclic) bond motifs is 3. The Balaban J connectivity index is 1.87. The van der Waals surface area contributed by atoms with Gasteiger partial charge in [-0.05, 0) is 30.4 Å². The number of benzene rings is 2. The van der Waals surface area contributed by atoms with Gasteiger partial charge < -0.3 is 5.32 Å². The third-order valence-corrected chi connectivity index (χ3v) is 5.19. The Bertz CT molecular complexity index is 942. The molecule has 1 aliphatic heterocycles. The van der Waals surface area contributed by atoms with Gasteiger partial charge in [-0.25, -0.2) is 0 Å². The molecule has 0 saturated carbocycles. The second kappa shape index (κ2) is 5.75. The lowest BCUT2D eigenvalue weighted by Gasteiger charge is -2.37. The molecular weight excluding hydrogens is 314 g/mol. The largest absolute Gasteiger partial charge is 0.377 e. The highest BCUT2D eigenvalue weighted by molar-refractivity contribution is 5.71. The number of hydrogen-bond acceptors (Lipinski definition) is 4. The number of nitro benzene ring substituents is 1. The van der Waals surface area contributed by atoms with E-state index in [2.05, 4.69) is 48.7 Å². The van der Waals surface area contributed by atoms with Gasteiger partial charge >= 0.3 is 0 Å². The predicted octanol–water partition coefficient (Wildman–Crippen LogP) is 4.60. The van der Waals surface area contributed by atoms with Crippen molar-refractivity contribution >= 4 is 11.4 Å². The molecule has 1 heterocycles. The van der Waals surface area contributed by atoms with Gasteiger partial charge in [0.15, 0.2) is 0 Å². The number of hydrogen-bond donors (Lipinski definition) is 1. The quantitative estimate of drug-likeness (QED) is 0.495. The van der Waals surface area contributed by atoms with Crippen LogP contribution in [-0.2, 0) is 0 Å². The van der Waals surface area contributed by atoms with Crippen LogP contribution in [0.25, 0.3) is 0 Å². The summed E-state index contributed by atoms with van der Waals surface area (Å²) in [6.45, 7) is 2.06. The first-order chi connectivity index (χ1) is 12.1. The monoisotopic (exact) mass is 331 g/mol. The normalized spacial score (nSPS) is 23.3. The van der Waals surface area contributed by atoms with Crippen LogP contribution in [0, 0.1) is 34.3 Å². The Kier molecular flexibility index (Phi) is 3.54. The Labute approximate surface area is 145 Å². The lowest BCUT2D eigenvalue weighted by Crippen LogP contribution is -2.29. The van der Waals surface area contributed by atoms with Crippen molar-refractivity contribution in [1.82, 2.24) is 0 Å². The van der Waals surface area contributed by atoms with E-state index < -0.39 is 4.92 Å². The van der Waals surface area contributed by atoms with E-state index in [9.17, 15) is 15.4 Å². The third kappa shape index (κ3) is 2.47. The second-order valence-electron chi connectivity index (χ2n) is 6.72. The highest BCUT2D eigenvalue weighted by Gasteiger charge is 2.39. The summed E-state index contributed by atoms with van der Waals surface area (Å²) in [4.78, 5) is 10.8. The Hall–Kier alpha value is -3.13. The minimum atomic E-state index is -0.429. The average Bonchev–Trinajstić information content (AvgIpc) is 3.10. The number of non-ortho nitro benzene ring substituents is 1. The smallest absolute Gasteiger partial charge is 0.271 e. The van der Waals surface area contributed by atoms with Gasteiger partial charge in [0.1, 0.15) is 6.07 Å². The Morgan fingerprint density at radius 3 is 2.88 bits per heavy atom. The van der Waals surface area contributed by atoms with E-state index in [1.165, 1.54) is 17.2 Å². The van der Waals surface area contributed by atoms with Crippen LogP contribution in [0.15, 0.2) is 48.6 Å². The zero-order chi connectivity index (χ0) is 17.6. The summed E-state index contributed by atoms with van der Waals surface area (Å²) in [6.07, 6.45) is 5.18. The Morgan fingerprint density at radius 2 is 2.16 bits per heavy atom. The maximum Gasteiger partial charge on any atom is 0.271 e. The van der Waals surface area contributed by atoms with Crippen LogP contribution in [0.4, 0.5) is 11.4 Å². The van der Waals surface area contributed by atoms with Gasteiger partial charge in [0.25, 0.3) is 5.69 Å². The lowest BCUT2D eigenvalue weighted by atomic mass is 9.76. The number of nitro groups is 1. The summed E-state index contributed by atoms with van der Waals surface area (Å²) >= 11 is 0. The van der Waals surface area contributed by atoms with E-state index in [1.54, 1.807) is 6.07 Å². The Morgan fingerprint density at radius 1 is 1.32 bits per heavy atom. The van der Waals surface area contributed by atoms with Crippen LogP contribution < -0.4 is 5.32 Å². The fourth-order valence-corrected chi connectivity index (χ4v) is 4.07. The van der Waals surface area contributed by atoms with Gasteiger partial charge in [-0.3, -0.25) is 10.1 Å². The first-order valence-electron chi connectivity index (χ1n) is 8.30. The third-order valence-electron chi connectivity index (χ3n) is 5.19. The molecule has 4 rings (SSSR count). The molecule has 0 bridgehead atoms. The van der Waals surface area contributed by atoms with E-state index in [-0.39, 0.29) is 17.6 Å². The maximum atomic E-state index is 11.2. The van der Waals surface area contributed by atoms with E-state index in [0.717, 1.165) is 17.7 Å². The zero-order valence-electron chi connectivity index (χ0n) is 13.8. The molecule has 0 amide bonds. The number of aryl methyl sites for hydroxylation is 1. The number of nitrogens with one attached hydrogen (secondary N) is 1. The minimum absolute atomic E-state index is 0.0230. The van der Waals surface area contributed by atoms with Gasteiger partial charge in [-0.2, -0.15) is 5.26 Å². The minimum Gasteiger partial charge on any atom is -0.377 e. The molecule has 1 N–H and O–H groups in total. The van der Waals surface area contributed by atoms with Crippen molar-refractivity contribution < 1.29 is 4.92 Å². The van der Waals surface area contributed by atoms with Crippen molar-refractivity contribution in [3.8, 4) is 6.07 Å². The second-order valence-corrected chi connectivity index (χ2v) is 6.72. The number of rotatable bonds is 2. The standard InChI is InChI=1S/C20H17N3O2/c1-12-4-2-5-13(8-12)19-17-7-3-6-16(17)18-10-15(23(24)25)9-14(11-21)20(18)22-19/h2-6,8-10,16-17,19,22H,7H2,1H3/t16-,17+,19+/m1/s1. The summed E-state index contributed by atoms with van der Waals surface area (Å²) < 4.78 is 0. The summed E-state index contributed by atoms with van der Waals surface area (Å²) in [5.74, 6) is 0.386. The zero-order valence-corrected chi connectivity index (χ0v) is 13.8. The van der Waals surface area contributed by atoms with Crippen molar-refractivity contribution in [1.29, 1.82) is 5.26 Å². The van der Waals surface area contributed by atoms with Crippen molar-refractivity contribution in [2.75, 3.05) is 5.32 Å². The molecule has 0 unspecified atom stereocenters. The van der Waals surface area contributed by atoms with Crippen LogP contribution >= 0.6 is 0 Å². The molecule has 0 radical (unpaired) electrons. The molecule has 2 aromatic carbocycles. The molecule has 5 heteroatoms. The fraction of sp³-hybridized carbons (Fsp3) is 0.250. The van der Waals surface area contributed by atoms with E-state index >= 15 is 0 Å². The topological polar surface area (TPSA) is 79.0 Å². The number of nitriles is 1. The van der Waals surface area contributed by atoms with Crippen molar-refractivity contribution in [2.45, 2.75) is 25.3 Å². The van der Waals surface area contributed by atoms with Gasteiger partial charge in [-0.15, -0.1) is 0 Å². The van der Waals surface area contributed by atoms with Crippen LogP contribution in [-0.4, -0.2) is 4.92 Å². The lowest BCUT2D eigenvalue weighted by molar-refractivity contribution is -0.384. The maximum absolute atomic E-state index is 11.2. The SMILES string of the molecule is Cc1cccc([C@@H]2Nc3c(C#N)cc([N+](=O)[O-])cc3[C@@H]3C=CC[C@@H]32)c1. The molecule has 0 aromatic heterocycles. The van der Waals surface area contributed by atoms with E-state index in [1.807, 2.05) is 6.07 Å². The van der Waals surface area contributed by atoms with Crippen molar-refractivity contribution in [3.05, 3.63) is 80.9 Å². The average molecular weight is 331 g/mol. The molecular formula is C20H17N3O2. The molecule has 3 atom stereocenters. The van der Waals surface area contributed by atoms with Crippen LogP contribution in [0.2, 0.25) is 0 Å². The molecule has 124 valence electrons. The van der Waals surface area contributed by atoms with Crippen LogP contribution in [0.3, 0.4) is 0 Å². The first-order valence-corrected chi connectivity index (χ1v) is 8.30. The highest BCUT2D eigenvalue weighted by atomic mass is 16.6. The van der Waals surface area contributed by atoms with Crippen molar-refractivity contribution in [2.24, 2.45) is 5.92 Å². The molecule has 25 heavy (non-hydrogen) atoms. The molecule has 2 aliphatic rings. The summed E-state index contributed by atoms with van der Waals surface area (Å²) in [7, 11) is 0. The fourth-order valence-electron chi connectivity index (χ4n) is 4.07. The molecule has 0 fully saturated rings. The van der Waals surface area contributed by atoms with Gasteiger partial charge in [0.2, 0.25) is 0 Å². The van der Waals surface area contributed by atoms with E-state index in [4.69, 9.17) is 0 Å². The summed E-state index contributed by atoms with van der Waals surface area (Å²) in [6, 6.07) is 13.5. The molecule has 2 aromatic rings.